The van der Waals surface area contributed by atoms with Gasteiger partial charge in [0, 0.05) is 23.0 Å². The Hall–Kier alpha value is -1.89. The number of halogens is 4. The lowest BCUT2D eigenvalue weighted by atomic mass is 9.71. The van der Waals surface area contributed by atoms with Crippen LogP contribution in [0.1, 0.15) is 24.8 Å². The minimum atomic E-state index is -0.718. The van der Waals surface area contributed by atoms with Crippen LogP contribution < -0.4 is 19.2 Å². The molecule has 182 valence electrons. The predicted molar refractivity (Wildman–Crippen MR) is 132 cm³/mol. The summed E-state index contributed by atoms with van der Waals surface area (Å²) in [7, 11) is 0. The molecule has 0 atom stereocenters. The topological polar surface area (TPSA) is 82.5 Å². The van der Waals surface area contributed by atoms with Crippen LogP contribution in [0.2, 0.25) is 10.0 Å². The van der Waals surface area contributed by atoms with Crippen LogP contribution in [0.25, 0.3) is 0 Å². The van der Waals surface area contributed by atoms with Crippen molar-refractivity contribution in [2.75, 3.05) is 28.9 Å². The molecule has 4 rings (SSSR count). The van der Waals surface area contributed by atoms with Gasteiger partial charge in [0.25, 0.3) is 0 Å². The van der Waals surface area contributed by atoms with Crippen molar-refractivity contribution in [1.82, 2.24) is 14.7 Å². The quantitative estimate of drug-likeness (QED) is 0.219. The second kappa shape index (κ2) is 11.2. The number of benzene rings is 2. The Morgan fingerprint density at radius 1 is 1.18 bits per heavy atom. The fourth-order valence-corrected chi connectivity index (χ4v) is 5.23. The Labute approximate surface area is 213 Å². The SMILES string of the molecule is ON(SNc1ncns1)c1cc(Cl)c(OCCC2(c3ccc(Cl)c(F)c3)CCNCC2)cc1F. The molecular formula is C21H21Cl2F2N5O2S2. The van der Waals surface area contributed by atoms with Crippen LogP contribution in [0.15, 0.2) is 36.7 Å². The molecule has 0 aliphatic carbocycles. The zero-order valence-corrected chi connectivity index (χ0v) is 20.9. The molecule has 34 heavy (non-hydrogen) atoms. The molecule has 1 saturated heterocycles. The first-order valence-corrected chi connectivity index (χ1v) is 12.6. The Balaban J connectivity index is 1.42. The first-order chi connectivity index (χ1) is 16.4. The third kappa shape index (κ3) is 5.84. The standard InChI is InChI=1S/C21H21Cl2F2N5O2S2/c22-14-2-1-13(9-16(14)24)21(3-6-26-7-4-21)5-8-32-19-11-17(25)18(10-15(19)23)30(31)34-29-20-27-12-28-33-20/h1-2,9-12,26,31H,3-8H2,(H,27,28,29). The van der Waals surface area contributed by atoms with Crippen LogP contribution in [0.5, 0.6) is 5.75 Å². The van der Waals surface area contributed by atoms with Gasteiger partial charge in [-0.25, -0.2) is 13.8 Å². The molecule has 1 aliphatic heterocycles. The second-order valence-electron chi connectivity index (χ2n) is 7.70. The molecule has 0 bridgehead atoms. The monoisotopic (exact) mass is 547 g/mol. The number of ether oxygens (including phenoxy) is 1. The maximum atomic E-state index is 14.7. The number of hydrogen-bond donors (Lipinski definition) is 3. The van der Waals surface area contributed by atoms with E-state index in [0.717, 1.165) is 49.1 Å². The van der Waals surface area contributed by atoms with Gasteiger partial charge >= 0.3 is 0 Å². The van der Waals surface area contributed by atoms with Gasteiger partial charge in [-0.3, -0.25) is 9.93 Å². The van der Waals surface area contributed by atoms with Crippen molar-refractivity contribution in [2.45, 2.75) is 24.7 Å². The molecule has 2 heterocycles. The molecule has 1 aliphatic rings. The van der Waals surface area contributed by atoms with Crippen LogP contribution in [-0.2, 0) is 5.41 Å². The van der Waals surface area contributed by atoms with Crippen molar-refractivity contribution < 1.29 is 18.7 Å². The van der Waals surface area contributed by atoms with Crippen LogP contribution in [0.4, 0.5) is 19.6 Å². The Bertz CT molecular complexity index is 1120. The average Bonchev–Trinajstić information content (AvgIpc) is 3.35. The van der Waals surface area contributed by atoms with Gasteiger partial charge in [0.15, 0.2) is 5.82 Å². The molecule has 13 heteroatoms. The molecule has 2 aromatic carbocycles. The zero-order valence-electron chi connectivity index (χ0n) is 17.7. The second-order valence-corrected chi connectivity index (χ2v) is 10.0. The minimum absolute atomic E-state index is 0.0843. The maximum absolute atomic E-state index is 14.7. The van der Waals surface area contributed by atoms with Gasteiger partial charge in [0.05, 0.1) is 28.8 Å². The molecule has 1 aromatic heterocycles. The van der Waals surface area contributed by atoms with E-state index in [0.29, 0.717) is 28.2 Å². The molecule has 0 radical (unpaired) electrons. The summed E-state index contributed by atoms with van der Waals surface area (Å²) in [5.41, 5.74) is 0.421. The highest BCUT2D eigenvalue weighted by Gasteiger charge is 2.34. The molecule has 0 amide bonds. The molecule has 0 spiro atoms. The summed E-state index contributed by atoms with van der Waals surface area (Å²) in [5, 5.41) is 14.2. The van der Waals surface area contributed by atoms with E-state index in [-0.39, 0.29) is 33.5 Å². The fraction of sp³-hybridized carbons (Fsp3) is 0.333. The summed E-state index contributed by atoms with van der Waals surface area (Å²) in [4.78, 5) is 3.91. The van der Waals surface area contributed by atoms with Crippen molar-refractivity contribution in [1.29, 1.82) is 0 Å². The number of piperidine rings is 1. The predicted octanol–water partition coefficient (Wildman–Crippen LogP) is 6.08. The highest BCUT2D eigenvalue weighted by molar-refractivity contribution is 8.01. The van der Waals surface area contributed by atoms with E-state index in [1.807, 2.05) is 6.07 Å². The summed E-state index contributed by atoms with van der Waals surface area (Å²) in [6, 6.07) is 7.31. The average molecular weight is 548 g/mol. The van der Waals surface area contributed by atoms with Crippen molar-refractivity contribution in [3.05, 3.63) is 63.9 Å². The van der Waals surface area contributed by atoms with Gasteiger partial charge in [-0.2, -0.15) is 8.84 Å². The highest BCUT2D eigenvalue weighted by atomic mass is 35.5. The largest absolute Gasteiger partial charge is 0.492 e. The van der Waals surface area contributed by atoms with Gasteiger partial charge in [0.2, 0.25) is 5.13 Å². The molecule has 7 nitrogen and oxygen atoms in total. The number of nitrogens with zero attached hydrogens (tertiary/aromatic N) is 3. The van der Waals surface area contributed by atoms with E-state index in [2.05, 4.69) is 19.4 Å². The van der Waals surface area contributed by atoms with E-state index < -0.39 is 11.6 Å². The summed E-state index contributed by atoms with van der Waals surface area (Å²) in [5.74, 6) is -1.01. The summed E-state index contributed by atoms with van der Waals surface area (Å²) in [6.45, 7) is 1.84. The number of nitrogens with one attached hydrogen (secondary N) is 2. The van der Waals surface area contributed by atoms with Crippen LogP contribution in [0.3, 0.4) is 0 Å². The lowest BCUT2D eigenvalue weighted by Gasteiger charge is -2.38. The Morgan fingerprint density at radius 3 is 2.68 bits per heavy atom. The summed E-state index contributed by atoms with van der Waals surface area (Å²) in [6.07, 6.45) is 3.55. The van der Waals surface area contributed by atoms with E-state index in [9.17, 15) is 14.0 Å². The summed E-state index contributed by atoms with van der Waals surface area (Å²) >= 11 is 14.0. The Kier molecular flexibility index (Phi) is 8.33. The fourth-order valence-electron chi connectivity index (χ4n) is 3.90. The number of anilines is 2. The van der Waals surface area contributed by atoms with E-state index in [1.165, 1.54) is 18.5 Å². The van der Waals surface area contributed by atoms with Gasteiger partial charge in [-0.1, -0.05) is 29.3 Å². The van der Waals surface area contributed by atoms with Gasteiger partial charge in [0.1, 0.15) is 23.6 Å². The lowest BCUT2D eigenvalue weighted by Crippen LogP contribution is -2.41. The number of aromatic nitrogens is 2. The van der Waals surface area contributed by atoms with E-state index >= 15 is 0 Å². The maximum Gasteiger partial charge on any atom is 0.213 e. The highest BCUT2D eigenvalue weighted by Crippen LogP contribution is 2.39. The smallest absolute Gasteiger partial charge is 0.213 e. The van der Waals surface area contributed by atoms with Crippen molar-refractivity contribution in [3.63, 3.8) is 0 Å². The van der Waals surface area contributed by atoms with E-state index in [4.69, 9.17) is 27.9 Å². The molecular weight excluding hydrogens is 527 g/mol. The normalized spacial score (nSPS) is 15.2. The summed E-state index contributed by atoms with van der Waals surface area (Å²) < 4.78 is 41.8. The molecule has 0 unspecified atom stereocenters. The van der Waals surface area contributed by atoms with Gasteiger partial charge in [-0.05, 0) is 56.1 Å². The van der Waals surface area contributed by atoms with Crippen LogP contribution in [0, 0.1) is 11.6 Å². The first kappa shape index (κ1) is 25.2. The van der Waals surface area contributed by atoms with Crippen molar-refractivity contribution >= 4 is 57.7 Å². The molecule has 1 fully saturated rings. The molecule has 0 saturated carbocycles. The third-order valence-corrected chi connectivity index (χ3v) is 7.68. The zero-order chi connectivity index (χ0) is 24.1. The number of hydrogen-bond acceptors (Lipinski definition) is 9. The lowest BCUT2D eigenvalue weighted by molar-refractivity contribution is 0.217. The molecule has 3 N–H and O–H groups in total. The van der Waals surface area contributed by atoms with Crippen LogP contribution >= 0.6 is 46.9 Å². The first-order valence-electron chi connectivity index (χ1n) is 10.3. The van der Waals surface area contributed by atoms with E-state index in [1.54, 1.807) is 6.07 Å². The van der Waals surface area contributed by atoms with Gasteiger partial charge in [-0.15, -0.1) is 0 Å². The molecule has 3 aromatic rings. The Morgan fingerprint density at radius 2 is 1.97 bits per heavy atom. The van der Waals surface area contributed by atoms with Gasteiger partial charge < -0.3 is 10.1 Å². The minimum Gasteiger partial charge on any atom is -0.492 e. The van der Waals surface area contributed by atoms with Crippen molar-refractivity contribution in [2.24, 2.45) is 0 Å². The number of rotatable bonds is 9. The van der Waals surface area contributed by atoms with Crippen LogP contribution in [-0.4, -0.2) is 34.3 Å². The third-order valence-electron chi connectivity index (χ3n) is 5.72. The van der Waals surface area contributed by atoms with Crippen molar-refractivity contribution in [3.8, 4) is 5.75 Å².